The molecule has 0 N–H and O–H groups in total. The molecule has 0 bridgehead atoms. The van der Waals surface area contributed by atoms with E-state index in [1.807, 2.05) is 18.3 Å². The number of thiophene rings is 1. The lowest BCUT2D eigenvalue weighted by Crippen LogP contribution is -2.02. The van der Waals surface area contributed by atoms with E-state index in [9.17, 15) is 4.79 Å². The molecule has 3 rings (SSSR count). The van der Waals surface area contributed by atoms with Crippen LogP contribution < -0.4 is 0 Å². The third-order valence-corrected chi connectivity index (χ3v) is 3.83. The van der Waals surface area contributed by atoms with Gasteiger partial charge in [0.2, 0.25) is 0 Å². The van der Waals surface area contributed by atoms with Gasteiger partial charge in [-0.3, -0.25) is 9.78 Å². The van der Waals surface area contributed by atoms with Crippen LogP contribution in [0.15, 0.2) is 24.4 Å². The third kappa shape index (κ3) is 1.31. The molecular weight excluding hydrogens is 206 g/mol. The zero-order valence-electron chi connectivity index (χ0n) is 8.06. The van der Waals surface area contributed by atoms with Gasteiger partial charge < -0.3 is 0 Å². The molecule has 0 spiro atoms. The van der Waals surface area contributed by atoms with E-state index >= 15 is 0 Å². The maximum atomic E-state index is 10.7. The van der Waals surface area contributed by atoms with Crippen molar-refractivity contribution in [3.8, 4) is 11.1 Å². The van der Waals surface area contributed by atoms with Crippen LogP contribution in [0.1, 0.15) is 20.2 Å². The number of carbonyl (C=O) groups is 1. The molecule has 0 saturated carbocycles. The number of fused-ring (bicyclic) bond motifs is 3. The van der Waals surface area contributed by atoms with E-state index in [0.29, 0.717) is 0 Å². The minimum atomic E-state index is 0.816. The number of hydrogen-bond donors (Lipinski definition) is 0. The first kappa shape index (κ1) is 8.80. The highest BCUT2D eigenvalue weighted by atomic mass is 32.1. The van der Waals surface area contributed by atoms with Crippen molar-refractivity contribution in [3.63, 3.8) is 0 Å². The SMILES string of the molecule is O=Cc1cc2c(s1)CCc1ncccc1-2. The van der Waals surface area contributed by atoms with Crippen molar-refractivity contribution in [2.24, 2.45) is 0 Å². The fraction of sp³-hybridized carbons (Fsp3) is 0.167. The van der Waals surface area contributed by atoms with E-state index in [4.69, 9.17) is 0 Å². The first-order chi connectivity index (χ1) is 7.38. The molecule has 0 radical (unpaired) electrons. The van der Waals surface area contributed by atoms with E-state index in [-0.39, 0.29) is 0 Å². The molecule has 0 fully saturated rings. The number of rotatable bonds is 1. The molecule has 2 heterocycles. The maximum Gasteiger partial charge on any atom is 0.160 e. The van der Waals surface area contributed by atoms with Crippen LogP contribution in [0.25, 0.3) is 11.1 Å². The summed E-state index contributed by atoms with van der Waals surface area (Å²) in [5.74, 6) is 0. The zero-order valence-corrected chi connectivity index (χ0v) is 8.88. The maximum absolute atomic E-state index is 10.7. The molecule has 0 unspecified atom stereocenters. The predicted octanol–water partition coefficient (Wildman–Crippen LogP) is 2.72. The highest BCUT2D eigenvalue weighted by Gasteiger charge is 2.19. The second kappa shape index (κ2) is 3.28. The van der Waals surface area contributed by atoms with Crippen LogP contribution in [0.3, 0.4) is 0 Å². The zero-order chi connectivity index (χ0) is 10.3. The molecule has 1 aliphatic rings. The molecule has 0 amide bonds. The van der Waals surface area contributed by atoms with Crippen LogP contribution >= 0.6 is 11.3 Å². The number of aryl methyl sites for hydroxylation is 2. The summed E-state index contributed by atoms with van der Waals surface area (Å²) in [6.45, 7) is 0. The minimum Gasteiger partial charge on any atom is -0.297 e. The second-order valence-electron chi connectivity index (χ2n) is 3.60. The molecule has 74 valence electrons. The van der Waals surface area contributed by atoms with Crippen LogP contribution in [0, 0.1) is 0 Å². The lowest BCUT2D eigenvalue weighted by Gasteiger charge is -2.14. The lowest BCUT2D eigenvalue weighted by molar-refractivity contribution is 0.112. The van der Waals surface area contributed by atoms with Crippen molar-refractivity contribution in [2.75, 3.05) is 0 Å². The number of aldehydes is 1. The highest BCUT2D eigenvalue weighted by molar-refractivity contribution is 7.14. The average Bonchev–Trinajstić information content (AvgIpc) is 2.72. The molecule has 0 saturated heterocycles. The number of hydrogen-bond acceptors (Lipinski definition) is 3. The number of pyridine rings is 1. The molecule has 3 heteroatoms. The Bertz CT molecular complexity index is 530. The van der Waals surface area contributed by atoms with Crippen molar-refractivity contribution in [2.45, 2.75) is 12.8 Å². The van der Waals surface area contributed by atoms with Crippen LogP contribution in [0.2, 0.25) is 0 Å². The van der Waals surface area contributed by atoms with Gasteiger partial charge in [0.05, 0.1) is 4.88 Å². The molecule has 1 aliphatic carbocycles. The van der Waals surface area contributed by atoms with Crippen LogP contribution in [0.4, 0.5) is 0 Å². The van der Waals surface area contributed by atoms with Gasteiger partial charge in [0.25, 0.3) is 0 Å². The van der Waals surface area contributed by atoms with Crippen molar-refractivity contribution < 1.29 is 4.79 Å². The lowest BCUT2D eigenvalue weighted by atomic mass is 9.95. The average molecular weight is 215 g/mol. The molecule has 2 aromatic rings. The third-order valence-electron chi connectivity index (χ3n) is 2.71. The molecule has 2 aromatic heterocycles. The fourth-order valence-electron chi connectivity index (χ4n) is 2.04. The van der Waals surface area contributed by atoms with E-state index in [1.165, 1.54) is 16.0 Å². The topological polar surface area (TPSA) is 30.0 Å². The largest absolute Gasteiger partial charge is 0.297 e. The summed E-state index contributed by atoms with van der Waals surface area (Å²) in [6.07, 6.45) is 4.76. The number of nitrogens with zero attached hydrogens (tertiary/aromatic N) is 1. The second-order valence-corrected chi connectivity index (χ2v) is 4.77. The molecule has 0 atom stereocenters. The van der Waals surface area contributed by atoms with Gasteiger partial charge in [-0.1, -0.05) is 6.07 Å². The van der Waals surface area contributed by atoms with Crippen molar-refractivity contribution in [3.05, 3.63) is 39.8 Å². The number of aromatic nitrogens is 1. The van der Waals surface area contributed by atoms with Crippen molar-refractivity contribution >= 4 is 17.6 Å². The quantitative estimate of drug-likeness (QED) is 0.685. The Kier molecular flexibility index (Phi) is 1.92. The van der Waals surface area contributed by atoms with Gasteiger partial charge in [-0.15, -0.1) is 11.3 Å². The summed E-state index contributed by atoms with van der Waals surface area (Å²) in [5, 5.41) is 0. The fourth-order valence-corrected chi connectivity index (χ4v) is 3.03. The minimum absolute atomic E-state index is 0.816. The molecule has 2 nitrogen and oxygen atoms in total. The normalized spacial score (nSPS) is 13.1. The van der Waals surface area contributed by atoms with E-state index in [1.54, 1.807) is 11.3 Å². The van der Waals surface area contributed by atoms with Gasteiger partial charge in [0, 0.05) is 22.3 Å². The summed E-state index contributed by atoms with van der Waals surface area (Å²) >= 11 is 1.60. The van der Waals surface area contributed by atoms with Gasteiger partial charge in [0.1, 0.15) is 0 Å². The van der Waals surface area contributed by atoms with Crippen LogP contribution in [0.5, 0.6) is 0 Å². The highest BCUT2D eigenvalue weighted by Crippen LogP contribution is 2.37. The Morgan fingerprint density at radius 2 is 2.27 bits per heavy atom. The predicted molar refractivity (Wildman–Crippen MR) is 60.3 cm³/mol. The summed E-state index contributed by atoms with van der Waals surface area (Å²) in [4.78, 5) is 17.2. The summed E-state index contributed by atoms with van der Waals surface area (Å²) in [6, 6.07) is 6.01. The molecule has 15 heavy (non-hydrogen) atoms. The van der Waals surface area contributed by atoms with E-state index < -0.39 is 0 Å². The monoisotopic (exact) mass is 215 g/mol. The Morgan fingerprint density at radius 1 is 1.33 bits per heavy atom. The Morgan fingerprint density at radius 3 is 3.13 bits per heavy atom. The Labute approximate surface area is 91.6 Å². The Balaban J connectivity index is 2.24. The molecular formula is C12H9NOS. The van der Waals surface area contributed by atoms with Crippen LogP contribution in [-0.2, 0) is 12.8 Å². The van der Waals surface area contributed by atoms with E-state index in [0.717, 1.165) is 29.7 Å². The summed E-state index contributed by atoms with van der Waals surface area (Å²) in [7, 11) is 0. The van der Waals surface area contributed by atoms with Gasteiger partial charge >= 0.3 is 0 Å². The first-order valence-electron chi connectivity index (χ1n) is 4.90. The summed E-state index contributed by atoms with van der Waals surface area (Å²) in [5.41, 5.74) is 3.56. The van der Waals surface area contributed by atoms with Crippen molar-refractivity contribution in [1.82, 2.24) is 4.98 Å². The van der Waals surface area contributed by atoms with Gasteiger partial charge in [-0.2, -0.15) is 0 Å². The standard InChI is InChI=1S/C12H9NOS/c14-7-8-6-10-9-2-1-5-13-11(9)3-4-12(10)15-8/h1-2,5-7H,3-4H2. The van der Waals surface area contributed by atoms with Gasteiger partial charge in [0.15, 0.2) is 6.29 Å². The summed E-state index contributed by atoms with van der Waals surface area (Å²) < 4.78 is 0. The van der Waals surface area contributed by atoms with Gasteiger partial charge in [-0.25, -0.2) is 0 Å². The van der Waals surface area contributed by atoms with E-state index in [2.05, 4.69) is 11.1 Å². The first-order valence-corrected chi connectivity index (χ1v) is 5.72. The smallest absolute Gasteiger partial charge is 0.160 e. The van der Waals surface area contributed by atoms with Gasteiger partial charge in [-0.05, 0) is 30.5 Å². The Hall–Kier alpha value is -1.48. The molecule has 0 aromatic carbocycles. The number of carbonyl (C=O) groups excluding carboxylic acids is 1. The van der Waals surface area contributed by atoms with Crippen molar-refractivity contribution in [1.29, 1.82) is 0 Å². The van der Waals surface area contributed by atoms with Crippen LogP contribution in [-0.4, -0.2) is 11.3 Å². The molecule has 0 aliphatic heterocycles.